The maximum Gasteiger partial charge on any atom is 0.0182 e. The van der Waals surface area contributed by atoms with E-state index >= 15 is 0 Å². The van der Waals surface area contributed by atoms with Gasteiger partial charge in [-0.1, -0.05) is 19.4 Å². The lowest BCUT2D eigenvalue weighted by Gasteiger charge is -2.38. The molecule has 0 radical (unpaired) electrons. The summed E-state index contributed by atoms with van der Waals surface area (Å²) in [5.41, 5.74) is 0.447. The Morgan fingerprint density at radius 3 is 3.00 bits per heavy atom. The minimum Gasteiger partial charge on any atom is -0.311 e. The van der Waals surface area contributed by atoms with Crippen LogP contribution in [0.5, 0.6) is 0 Å². The molecule has 0 spiro atoms. The van der Waals surface area contributed by atoms with Crippen molar-refractivity contribution in [2.75, 3.05) is 6.54 Å². The van der Waals surface area contributed by atoms with Gasteiger partial charge in [-0.15, -0.1) is 11.3 Å². The van der Waals surface area contributed by atoms with Crippen LogP contribution < -0.4 is 5.32 Å². The third-order valence-electron chi connectivity index (χ3n) is 3.69. The molecule has 15 heavy (non-hydrogen) atoms. The van der Waals surface area contributed by atoms with Crippen molar-refractivity contribution in [1.82, 2.24) is 5.32 Å². The number of nitrogens with one attached hydrogen (secondary N) is 1. The first-order chi connectivity index (χ1) is 7.35. The molecule has 1 unspecified atom stereocenters. The van der Waals surface area contributed by atoms with E-state index in [1.807, 2.05) is 11.3 Å². The Kier molecular flexibility index (Phi) is 3.81. The van der Waals surface area contributed by atoms with Gasteiger partial charge in [0.2, 0.25) is 0 Å². The zero-order chi connectivity index (χ0) is 10.6. The first kappa shape index (κ1) is 11.2. The highest BCUT2D eigenvalue weighted by Crippen LogP contribution is 2.28. The topological polar surface area (TPSA) is 12.0 Å². The van der Waals surface area contributed by atoms with E-state index in [1.165, 1.54) is 49.9 Å². The summed E-state index contributed by atoms with van der Waals surface area (Å²) in [4.78, 5) is 1.54. The van der Waals surface area contributed by atoms with Crippen molar-refractivity contribution in [3.8, 4) is 0 Å². The molecule has 1 fully saturated rings. The first-order valence-corrected chi connectivity index (χ1v) is 7.00. The van der Waals surface area contributed by atoms with Gasteiger partial charge >= 0.3 is 0 Å². The summed E-state index contributed by atoms with van der Waals surface area (Å²) >= 11 is 1.89. The molecule has 0 amide bonds. The Labute approximate surface area is 96.9 Å². The molecular formula is C13H21NS. The Bertz CT molecular complexity index is 273. The molecule has 1 aromatic heterocycles. The van der Waals surface area contributed by atoms with Gasteiger partial charge in [-0.25, -0.2) is 0 Å². The average molecular weight is 223 g/mol. The van der Waals surface area contributed by atoms with Crippen molar-refractivity contribution in [1.29, 1.82) is 0 Å². The number of piperidine rings is 1. The van der Waals surface area contributed by atoms with E-state index < -0.39 is 0 Å². The van der Waals surface area contributed by atoms with Crippen molar-refractivity contribution in [2.45, 2.75) is 51.0 Å². The SMILES string of the molecule is CCC1(CCc2cccs2)CCCCN1. The van der Waals surface area contributed by atoms with Gasteiger partial charge in [0.25, 0.3) is 0 Å². The standard InChI is InChI=1S/C13H21NS/c1-2-13(8-3-4-10-14-13)9-7-12-6-5-11-15-12/h5-6,11,14H,2-4,7-10H2,1H3. The van der Waals surface area contributed by atoms with E-state index in [4.69, 9.17) is 0 Å². The molecule has 1 aliphatic heterocycles. The average Bonchev–Trinajstić information content (AvgIpc) is 2.81. The summed E-state index contributed by atoms with van der Waals surface area (Å²) in [7, 11) is 0. The van der Waals surface area contributed by atoms with E-state index in [9.17, 15) is 0 Å². The minimum atomic E-state index is 0.447. The van der Waals surface area contributed by atoms with E-state index in [0.29, 0.717) is 5.54 Å². The molecule has 1 atom stereocenters. The van der Waals surface area contributed by atoms with Gasteiger partial charge in [0.05, 0.1) is 0 Å². The second-order valence-corrected chi connectivity index (χ2v) is 5.63. The van der Waals surface area contributed by atoms with Crippen molar-refractivity contribution in [3.63, 3.8) is 0 Å². The van der Waals surface area contributed by atoms with Crippen molar-refractivity contribution < 1.29 is 0 Å². The van der Waals surface area contributed by atoms with Crippen molar-refractivity contribution in [3.05, 3.63) is 22.4 Å². The van der Waals surface area contributed by atoms with Gasteiger partial charge in [0, 0.05) is 10.4 Å². The Hall–Kier alpha value is -0.340. The third-order valence-corrected chi connectivity index (χ3v) is 4.63. The molecule has 2 heteroatoms. The van der Waals surface area contributed by atoms with Crippen LogP contribution in [-0.2, 0) is 6.42 Å². The maximum absolute atomic E-state index is 3.75. The largest absolute Gasteiger partial charge is 0.311 e. The molecule has 0 bridgehead atoms. The second kappa shape index (κ2) is 5.13. The Balaban J connectivity index is 1.89. The number of hydrogen-bond acceptors (Lipinski definition) is 2. The van der Waals surface area contributed by atoms with Crippen molar-refractivity contribution in [2.24, 2.45) is 0 Å². The van der Waals surface area contributed by atoms with Crippen LogP contribution in [0.25, 0.3) is 0 Å². The normalized spacial score (nSPS) is 26.7. The van der Waals surface area contributed by atoms with Crippen LogP contribution in [-0.4, -0.2) is 12.1 Å². The highest BCUT2D eigenvalue weighted by Gasteiger charge is 2.28. The van der Waals surface area contributed by atoms with Gasteiger partial charge in [-0.05, 0) is 50.1 Å². The number of rotatable bonds is 4. The Morgan fingerprint density at radius 1 is 1.47 bits per heavy atom. The molecule has 0 saturated carbocycles. The van der Waals surface area contributed by atoms with Crippen molar-refractivity contribution >= 4 is 11.3 Å². The number of hydrogen-bond donors (Lipinski definition) is 1. The maximum atomic E-state index is 3.75. The molecule has 1 N–H and O–H groups in total. The Morgan fingerprint density at radius 2 is 2.40 bits per heavy atom. The quantitative estimate of drug-likeness (QED) is 0.822. The van der Waals surface area contributed by atoms with Crippen LogP contribution in [0.15, 0.2) is 17.5 Å². The van der Waals surface area contributed by atoms with E-state index in [2.05, 4.69) is 29.8 Å². The van der Waals surface area contributed by atoms with E-state index in [-0.39, 0.29) is 0 Å². The van der Waals surface area contributed by atoms with Crippen LogP contribution in [0.3, 0.4) is 0 Å². The van der Waals surface area contributed by atoms with Gasteiger partial charge in [-0.2, -0.15) is 0 Å². The molecule has 0 aromatic carbocycles. The highest BCUT2D eigenvalue weighted by molar-refractivity contribution is 7.09. The van der Waals surface area contributed by atoms with Crippen LogP contribution in [0.1, 0.15) is 43.9 Å². The monoisotopic (exact) mass is 223 g/mol. The summed E-state index contributed by atoms with van der Waals surface area (Å²) in [6.07, 6.45) is 7.97. The molecular weight excluding hydrogens is 202 g/mol. The highest BCUT2D eigenvalue weighted by atomic mass is 32.1. The summed E-state index contributed by atoms with van der Waals surface area (Å²) in [5, 5.41) is 5.93. The molecule has 84 valence electrons. The fourth-order valence-electron chi connectivity index (χ4n) is 2.54. The zero-order valence-corrected chi connectivity index (χ0v) is 10.4. The third kappa shape index (κ3) is 2.82. The molecule has 1 aliphatic rings. The van der Waals surface area contributed by atoms with Crippen LogP contribution >= 0.6 is 11.3 Å². The summed E-state index contributed by atoms with van der Waals surface area (Å²) in [5.74, 6) is 0. The fourth-order valence-corrected chi connectivity index (χ4v) is 3.25. The summed E-state index contributed by atoms with van der Waals surface area (Å²) in [6, 6.07) is 4.42. The van der Waals surface area contributed by atoms with Gasteiger partial charge < -0.3 is 5.32 Å². The predicted octanol–water partition coefficient (Wildman–Crippen LogP) is 3.60. The van der Waals surface area contributed by atoms with Gasteiger partial charge in [-0.3, -0.25) is 0 Å². The predicted molar refractivity (Wildman–Crippen MR) is 67.5 cm³/mol. The summed E-state index contributed by atoms with van der Waals surface area (Å²) in [6.45, 7) is 3.55. The van der Waals surface area contributed by atoms with Crippen LogP contribution in [0, 0.1) is 0 Å². The number of thiophene rings is 1. The molecule has 0 aliphatic carbocycles. The van der Waals surface area contributed by atoms with Gasteiger partial charge in [0.1, 0.15) is 0 Å². The fraction of sp³-hybridized carbons (Fsp3) is 0.692. The second-order valence-electron chi connectivity index (χ2n) is 4.60. The number of aryl methyl sites for hydroxylation is 1. The van der Waals surface area contributed by atoms with E-state index in [0.717, 1.165) is 0 Å². The molecule has 1 saturated heterocycles. The summed E-state index contributed by atoms with van der Waals surface area (Å²) < 4.78 is 0. The molecule has 1 aromatic rings. The lowest BCUT2D eigenvalue weighted by Crippen LogP contribution is -2.48. The first-order valence-electron chi connectivity index (χ1n) is 6.12. The van der Waals surface area contributed by atoms with E-state index in [1.54, 1.807) is 0 Å². The molecule has 2 heterocycles. The molecule has 1 nitrogen and oxygen atoms in total. The van der Waals surface area contributed by atoms with Gasteiger partial charge in [0.15, 0.2) is 0 Å². The zero-order valence-electron chi connectivity index (χ0n) is 9.59. The lowest BCUT2D eigenvalue weighted by molar-refractivity contribution is 0.229. The van der Waals surface area contributed by atoms with Crippen LogP contribution in [0.2, 0.25) is 0 Å². The molecule has 2 rings (SSSR count). The smallest absolute Gasteiger partial charge is 0.0182 e. The minimum absolute atomic E-state index is 0.447. The van der Waals surface area contributed by atoms with Crippen LogP contribution in [0.4, 0.5) is 0 Å². The lowest BCUT2D eigenvalue weighted by atomic mass is 9.82.